The number of hydrogen-bond donors (Lipinski definition) is 1. The molecule has 0 amide bonds. The lowest BCUT2D eigenvalue weighted by atomic mass is 10.3. The Morgan fingerprint density at radius 1 is 1.29 bits per heavy atom. The number of hydrogen-bond acceptors (Lipinski definition) is 6. The average molecular weight is 243 g/mol. The van der Waals surface area contributed by atoms with Gasteiger partial charge < -0.3 is 19.2 Å². The van der Waals surface area contributed by atoms with E-state index in [2.05, 4.69) is 14.6 Å². The number of rotatable bonds is 4. The van der Waals surface area contributed by atoms with Crippen molar-refractivity contribution < 1.29 is 28.8 Å². The first kappa shape index (κ1) is 11.7. The predicted molar refractivity (Wildman–Crippen MR) is 54.9 cm³/mol. The van der Waals surface area contributed by atoms with E-state index in [-0.39, 0.29) is 12.3 Å². The topological polar surface area (TPSA) is 79.0 Å². The van der Waals surface area contributed by atoms with Gasteiger partial charge in [-0.1, -0.05) is 0 Å². The van der Waals surface area contributed by atoms with Gasteiger partial charge in [-0.3, -0.25) is 0 Å². The van der Waals surface area contributed by atoms with Gasteiger partial charge in [-0.05, 0) is 0 Å². The highest BCUT2D eigenvalue weighted by Crippen LogP contribution is 2.38. The zero-order valence-electron chi connectivity index (χ0n) is 9.57. The molecule has 0 aliphatic carbocycles. The zero-order valence-corrected chi connectivity index (χ0v) is 9.57. The van der Waals surface area contributed by atoms with Gasteiger partial charge in [0.05, 0.1) is 19.9 Å². The fourth-order valence-electron chi connectivity index (χ4n) is 1.56. The molecule has 0 aromatic carbocycles. The minimum Gasteiger partial charge on any atom is -0.484 e. The molecule has 0 saturated carbocycles. The van der Waals surface area contributed by atoms with Crippen molar-refractivity contribution in [3.8, 4) is 11.5 Å². The fraction of sp³-hybridized carbons (Fsp3) is 0.500. The summed E-state index contributed by atoms with van der Waals surface area (Å²) in [6, 6.07) is 0. The van der Waals surface area contributed by atoms with E-state index in [1.165, 1.54) is 14.2 Å². The highest BCUT2D eigenvalue weighted by atomic mass is 17.2. The van der Waals surface area contributed by atoms with E-state index in [1.807, 2.05) is 0 Å². The van der Waals surface area contributed by atoms with Crippen LogP contribution in [-0.4, -0.2) is 38.4 Å². The summed E-state index contributed by atoms with van der Waals surface area (Å²) in [6.45, 7) is 0.935. The van der Waals surface area contributed by atoms with E-state index >= 15 is 0 Å². The molecule has 94 valence electrons. The lowest BCUT2D eigenvalue weighted by molar-refractivity contribution is -0.283. The molecule has 1 aromatic heterocycles. The normalized spacial score (nSPS) is 13.5. The number of nitrogens with one attached hydrogen (secondary N) is 1. The van der Waals surface area contributed by atoms with E-state index in [0.29, 0.717) is 30.4 Å². The summed E-state index contributed by atoms with van der Waals surface area (Å²) in [4.78, 5) is 23.7. The predicted octanol–water partition coefficient (Wildman–Crippen LogP) is 0.650. The maximum atomic E-state index is 11.5. The van der Waals surface area contributed by atoms with Gasteiger partial charge in [0, 0.05) is 0 Å². The van der Waals surface area contributed by atoms with Crippen molar-refractivity contribution in [3.05, 3.63) is 11.4 Å². The summed E-state index contributed by atoms with van der Waals surface area (Å²) >= 11 is 0. The minimum absolute atomic E-state index is 0.124. The number of ether oxygens (including phenoxy) is 3. The second kappa shape index (κ2) is 5.07. The number of aromatic nitrogens is 1. The molecular formula is C10H13NO6. The van der Waals surface area contributed by atoms with Crippen LogP contribution in [0.25, 0.3) is 0 Å². The summed E-state index contributed by atoms with van der Waals surface area (Å²) in [5.41, 5.74) is 0.791. The first-order valence-electron chi connectivity index (χ1n) is 5.02. The van der Waals surface area contributed by atoms with Crippen molar-refractivity contribution in [1.29, 1.82) is 0 Å². The number of fused-ring (bicyclic) bond motifs is 1. The second-order valence-electron chi connectivity index (χ2n) is 3.25. The average Bonchev–Trinajstić information content (AvgIpc) is 2.74. The molecule has 0 bridgehead atoms. The van der Waals surface area contributed by atoms with Crippen LogP contribution in [0.1, 0.15) is 16.2 Å². The van der Waals surface area contributed by atoms with Gasteiger partial charge in [-0.15, -0.1) is 0 Å². The minimum atomic E-state index is -0.518. The van der Waals surface area contributed by atoms with Crippen LogP contribution < -0.4 is 9.47 Å². The Morgan fingerprint density at radius 3 is 2.65 bits per heavy atom. The standard InChI is InChI=1S/C10H13NO6/c1-13-10(12)7-9-8(15-3-4-16-9)6(11-7)5-17-14-2/h11H,3-5H2,1-2H3. The summed E-state index contributed by atoms with van der Waals surface area (Å²) in [5, 5.41) is 0. The van der Waals surface area contributed by atoms with Gasteiger partial charge >= 0.3 is 5.97 Å². The summed E-state index contributed by atoms with van der Waals surface area (Å²) in [5.74, 6) is 0.307. The van der Waals surface area contributed by atoms with Gasteiger partial charge in [-0.25, -0.2) is 14.6 Å². The quantitative estimate of drug-likeness (QED) is 0.475. The smallest absolute Gasteiger partial charge is 0.358 e. The Kier molecular flexibility index (Phi) is 3.50. The molecule has 1 aliphatic heterocycles. The zero-order chi connectivity index (χ0) is 12.3. The van der Waals surface area contributed by atoms with Gasteiger partial charge in [0.1, 0.15) is 19.8 Å². The first-order chi connectivity index (χ1) is 8.27. The first-order valence-corrected chi connectivity index (χ1v) is 5.02. The lowest BCUT2D eigenvalue weighted by Gasteiger charge is -2.16. The van der Waals surface area contributed by atoms with Crippen molar-refractivity contribution in [3.63, 3.8) is 0 Å². The molecule has 1 aliphatic rings. The number of carbonyl (C=O) groups is 1. The SMILES string of the molecule is COOCc1[nH]c(C(=O)OC)c2c1OCCO2. The van der Waals surface area contributed by atoms with Crippen molar-refractivity contribution in [1.82, 2.24) is 4.98 Å². The third-order valence-electron chi connectivity index (χ3n) is 2.27. The van der Waals surface area contributed by atoms with E-state index < -0.39 is 5.97 Å². The van der Waals surface area contributed by atoms with Crippen molar-refractivity contribution >= 4 is 5.97 Å². The molecule has 0 unspecified atom stereocenters. The second-order valence-corrected chi connectivity index (χ2v) is 3.25. The lowest BCUT2D eigenvalue weighted by Crippen LogP contribution is -2.16. The molecule has 17 heavy (non-hydrogen) atoms. The molecule has 2 rings (SSSR count). The van der Waals surface area contributed by atoms with Crippen molar-refractivity contribution in [2.45, 2.75) is 6.61 Å². The van der Waals surface area contributed by atoms with E-state index in [9.17, 15) is 4.79 Å². The van der Waals surface area contributed by atoms with Crippen molar-refractivity contribution in [2.75, 3.05) is 27.4 Å². The molecule has 7 heteroatoms. The molecule has 0 atom stereocenters. The molecule has 7 nitrogen and oxygen atoms in total. The van der Waals surface area contributed by atoms with Gasteiger partial charge in [0.2, 0.25) is 0 Å². The molecule has 0 saturated heterocycles. The van der Waals surface area contributed by atoms with Crippen molar-refractivity contribution in [2.24, 2.45) is 0 Å². The van der Waals surface area contributed by atoms with Gasteiger partial charge in [0.25, 0.3) is 0 Å². The van der Waals surface area contributed by atoms with Crippen LogP contribution in [0, 0.1) is 0 Å². The number of carbonyl (C=O) groups excluding carboxylic acids is 1. The molecular weight excluding hydrogens is 230 g/mol. The Bertz CT molecular complexity index is 413. The Balaban J connectivity index is 2.33. The molecule has 1 N–H and O–H groups in total. The van der Waals surface area contributed by atoms with Crippen LogP contribution in [0.2, 0.25) is 0 Å². The van der Waals surface area contributed by atoms with Crippen LogP contribution in [0.3, 0.4) is 0 Å². The van der Waals surface area contributed by atoms with E-state index in [4.69, 9.17) is 14.4 Å². The van der Waals surface area contributed by atoms with Gasteiger partial charge in [0.15, 0.2) is 17.2 Å². The monoisotopic (exact) mass is 243 g/mol. The fourth-order valence-corrected chi connectivity index (χ4v) is 1.56. The molecule has 0 fully saturated rings. The summed E-state index contributed by atoms with van der Waals surface area (Å²) < 4.78 is 15.5. The highest BCUT2D eigenvalue weighted by Gasteiger charge is 2.28. The molecule has 1 aromatic rings. The van der Waals surface area contributed by atoms with Crippen LogP contribution in [0.4, 0.5) is 0 Å². The third kappa shape index (κ3) is 2.20. The number of methoxy groups -OCH3 is 1. The highest BCUT2D eigenvalue weighted by molar-refractivity contribution is 5.92. The summed E-state index contributed by atoms with van der Waals surface area (Å²) in [7, 11) is 2.69. The Labute approximate surface area is 97.5 Å². The Morgan fingerprint density at radius 2 is 2.00 bits per heavy atom. The van der Waals surface area contributed by atoms with E-state index in [1.54, 1.807) is 0 Å². The molecule has 0 radical (unpaired) electrons. The van der Waals surface area contributed by atoms with Crippen LogP contribution in [0.5, 0.6) is 11.5 Å². The molecule has 0 spiro atoms. The summed E-state index contributed by atoms with van der Waals surface area (Å²) in [6.07, 6.45) is 0. The van der Waals surface area contributed by atoms with E-state index in [0.717, 1.165) is 0 Å². The Hall–Kier alpha value is -1.73. The third-order valence-corrected chi connectivity index (χ3v) is 2.27. The number of esters is 1. The van der Waals surface area contributed by atoms with Crippen LogP contribution in [0.15, 0.2) is 0 Å². The largest absolute Gasteiger partial charge is 0.484 e. The number of H-pyrrole nitrogens is 1. The maximum Gasteiger partial charge on any atom is 0.358 e. The molecule has 2 heterocycles. The van der Waals surface area contributed by atoms with Crippen LogP contribution in [-0.2, 0) is 21.1 Å². The maximum absolute atomic E-state index is 11.5. The number of aromatic amines is 1. The van der Waals surface area contributed by atoms with Crippen LogP contribution >= 0.6 is 0 Å². The van der Waals surface area contributed by atoms with Gasteiger partial charge in [-0.2, -0.15) is 0 Å².